The molecule has 0 atom stereocenters. The summed E-state index contributed by atoms with van der Waals surface area (Å²) in [4.78, 5) is 27.4. The fourth-order valence-corrected chi connectivity index (χ4v) is 3.93. The lowest BCUT2D eigenvalue weighted by molar-refractivity contribution is -0.384. The lowest BCUT2D eigenvalue weighted by Crippen LogP contribution is -2.48. The van der Waals surface area contributed by atoms with Gasteiger partial charge in [-0.1, -0.05) is 0 Å². The molecule has 1 aliphatic heterocycles. The van der Waals surface area contributed by atoms with Gasteiger partial charge in [-0.3, -0.25) is 14.9 Å². The number of nitro benzene ring substituents is 1. The standard InChI is InChI=1S/C15H14BrN3O3S/c16-11-9-14(23-10-11)15(20)18-7-5-17(6-8-18)12-1-3-13(4-2-12)19(21)22/h1-4,9-10H,5-8H2. The number of nitrogens with zero attached hydrogens (tertiary/aromatic N) is 3. The number of hydrogen-bond donors (Lipinski definition) is 0. The van der Waals surface area contributed by atoms with Gasteiger partial charge in [0.2, 0.25) is 0 Å². The van der Waals surface area contributed by atoms with Gasteiger partial charge >= 0.3 is 0 Å². The van der Waals surface area contributed by atoms with Crippen LogP contribution in [0.1, 0.15) is 9.67 Å². The number of amides is 1. The number of nitro groups is 1. The van der Waals surface area contributed by atoms with Gasteiger partial charge in [0.05, 0.1) is 9.80 Å². The maximum Gasteiger partial charge on any atom is 0.269 e. The van der Waals surface area contributed by atoms with Crippen molar-refractivity contribution in [1.29, 1.82) is 0 Å². The SMILES string of the molecule is O=C(c1cc(Br)cs1)N1CCN(c2ccc([N+](=O)[O-])cc2)CC1. The van der Waals surface area contributed by atoms with E-state index in [1.165, 1.54) is 23.5 Å². The van der Waals surface area contributed by atoms with E-state index in [2.05, 4.69) is 20.8 Å². The number of benzene rings is 1. The van der Waals surface area contributed by atoms with Crippen LogP contribution in [0.15, 0.2) is 40.2 Å². The van der Waals surface area contributed by atoms with Gasteiger partial charge in [0.1, 0.15) is 0 Å². The number of carbonyl (C=O) groups excluding carboxylic acids is 1. The highest BCUT2D eigenvalue weighted by Crippen LogP contribution is 2.24. The molecule has 1 aliphatic rings. The number of carbonyl (C=O) groups is 1. The van der Waals surface area contributed by atoms with E-state index in [4.69, 9.17) is 0 Å². The Morgan fingerprint density at radius 2 is 1.83 bits per heavy atom. The molecule has 0 N–H and O–H groups in total. The quantitative estimate of drug-likeness (QED) is 0.589. The minimum Gasteiger partial charge on any atom is -0.368 e. The third-order valence-electron chi connectivity index (χ3n) is 3.77. The molecule has 2 heterocycles. The van der Waals surface area contributed by atoms with Crippen molar-refractivity contribution in [2.75, 3.05) is 31.1 Å². The van der Waals surface area contributed by atoms with E-state index in [1.54, 1.807) is 12.1 Å². The number of rotatable bonds is 3. The summed E-state index contributed by atoms with van der Waals surface area (Å²) in [6, 6.07) is 8.37. The summed E-state index contributed by atoms with van der Waals surface area (Å²) in [6.45, 7) is 2.73. The third kappa shape index (κ3) is 3.53. The summed E-state index contributed by atoms with van der Waals surface area (Å²) in [6.07, 6.45) is 0. The van der Waals surface area contributed by atoms with Crippen LogP contribution in [0, 0.1) is 10.1 Å². The van der Waals surface area contributed by atoms with E-state index in [-0.39, 0.29) is 11.6 Å². The van der Waals surface area contributed by atoms with Gasteiger partial charge in [-0.15, -0.1) is 11.3 Å². The first-order valence-electron chi connectivity index (χ1n) is 7.07. The summed E-state index contributed by atoms with van der Waals surface area (Å²) in [5, 5.41) is 12.6. The van der Waals surface area contributed by atoms with Crippen molar-refractivity contribution in [3.63, 3.8) is 0 Å². The number of piperazine rings is 1. The summed E-state index contributed by atoms with van der Waals surface area (Å²) in [5.41, 5.74) is 1.03. The summed E-state index contributed by atoms with van der Waals surface area (Å²) in [7, 11) is 0. The second-order valence-electron chi connectivity index (χ2n) is 5.18. The Hall–Kier alpha value is -1.93. The molecule has 1 amide bonds. The predicted octanol–water partition coefficient (Wildman–Crippen LogP) is 3.38. The molecule has 8 heteroatoms. The largest absolute Gasteiger partial charge is 0.368 e. The zero-order valence-electron chi connectivity index (χ0n) is 12.1. The molecule has 0 aliphatic carbocycles. The number of non-ortho nitro benzene ring substituents is 1. The van der Waals surface area contributed by atoms with Gasteiger partial charge < -0.3 is 9.80 Å². The summed E-state index contributed by atoms with van der Waals surface area (Å²) in [5.74, 6) is 0.0593. The monoisotopic (exact) mass is 395 g/mol. The fourth-order valence-electron chi connectivity index (χ4n) is 2.53. The summed E-state index contributed by atoms with van der Waals surface area (Å²) < 4.78 is 0.926. The van der Waals surface area contributed by atoms with Crippen molar-refractivity contribution in [3.05, 3.63) is 55.2 Å². The highest BCUT2D eigenvalue weighted by Gasteiger charge is 2.23. The minimum absolute atomic E-state index is 0.0593. The zero-order chi connectivity index (χ0) is 16.4. The van der Waals surface area contributed by atoms with Gasteiger partial charge in [0.25, 0.3) is 11.6 Å². The molecule has 6 nitrogen and oxygen atoms in total. The molecule has 1 aromatic heterocycles. The highest BCUT2D eigenvalue weighted by molar-refractivity contribution is 9.10. The van der Waals surface area contributed by atoms with Crippen molar-refractivity contribution in [1.82, 2.24) is 4.90 Å². The molecular formula is C15H14BrN3O3S. The van der Waals surface area contributed by atoms with E-state index in [0.717, 1.165) is 28.1 Å². The average molecular weight is 396 g/mol. The molecule has 0 spiro atoms. The Morgan fingerprint density at radius 3 is 2.35 bits per heavy atom. The molecule has 3 rings (SSSR count). The first-order chi connectivity index (χ1) is 11.0. The van der Waals surface area contributed by atoms with Crippen LogP contribution in [0.2, 0.25) is 0 Å². The van der Waals surface area contributed by atoms with E-state index < -0.39 is 4.92 Å². The Morgan fingerprint density at radius 1 is 1.17 bits per heavy atom. The Kier molecular flexibility index (Phi) is 4.63. The van der Waals surface area contributed by atoms with E-state index in [0.29, 0.717) is 13.1 Å². The molecular weight excluding hydrogens is 382 g/mol. The van der Waals surface area contributed by atoms with Crippen LogP contribution in [0.3, 0.4) is 0 Å². The van der Waals surface area contributed by atoms with Crippen LogP contribution in [-0.4, -0.2) is 41.9 Å². The molecule has 1 fully saturated rings. The normalized spacial score (nSPS) is 14.8. The maximum absolute atomic E-state index is 12.4. The molecule has 0 bridgehead atoms. The third-order valence-corrected chi connectivity index (χ3v) is 5.45. The highest BCUT2D eigenvalue weighted by atomic mass is 79.9. The Bertz CT molecular complexity index is 724. The second kappa shape index (κ2) is 6.67. The molecule has 1 aromatic carbocycles. The van der Waals surface area contributed by atoms with Crippen molar-refractivity contribution >= 4 is 44.5 Å². The maximum atomic E-state index is 12.4. The van der Waals surface area contributed by atoms with E-state index in [1.807, 2.05) is 16.3 Å². The van der Waals surface area contributed by atoms with Crippen LogP contribution in [0.5, 0.6) is 0 Å². The smallest absolute Gasteiger partial charge is 0.269 e. The van der Waals surface area contributed by atoms with Crippen LogP contribution >= 0.6 is 27.3 Å². The van der Waals surface area contributed by atoms with Crippen LogP contribution < -0.4 is 4.90 Å². The second-order valence-corrected chi connectivity index (χ2v) is 7.01. The van der Waals surface area contributed by atoms with E-state index in [9.17, 15) is 14.9 Å². The Balaban J connectivity index is 1.61. The van der Waals surface area contributed by atoms with E-state index >= 15 is 0 Å². The number of halogens is 1. The molecule has 0 unspecified atom stereocenters. The van der Waals surface area contributed by atoms with Crippen LogP contribution in [0.25, 0.3) is 0 Å². The molecule has 1 saturated heterocycles. The minimum atomic E-state index is -0.403. The van der Waals surface area contributed by atoms with Gasteiger partial charge in [0.15, 0.2) is 0 Å². The fraction of sp³-hybridized carbons (Fsp3) is 0.267. The first-order valence-corrected chi connectivity index (χ1v) is 8.74. The van der Waals surface area contributed by atoms with Crippen molar-refractivity contribution < 1.29 is 9.72 Å². The predicted molar refractivity (Wildman–Crippen MR) is 93.2 cm³/mol. The lowest BCUT2D eigenvalue weighted by atomic mass is 10.2. The summed E-state index contributed by atoms with van der Waals surface area (Å²) >= 11 is 4.80. The lowest BCUT2D eigenvalue weighted by Gasteiger charge is -2.35. The van der Waals surface area contributed by atoms with Crippen molar-refractivity contribution in [2.45, 2.75) is 0 Å². The van der Waals surface area contributed by atoms with Crippen molar-refractivity contribution in [3.8, 4) is 0 Å². The Labute approximate surface area is 145 Å². The molecule has 23 heavy (non-hydrogen) atoms. The van der Waals surface area contributed by atoms with Gasteiger partial charge in [0, 0.05) is 53.9 Å². The van der Waals surface area contributed by atoms with Gasteiger partial charge in [-0.2, -0.15) is 0 Å². The van der Waals surface area contributed by atoms with Crippen molar-refractivity contribution in [2.24, 2.45) is 0 Å². The topological polar surface area (TPSA) is 66.7 Å². The van der Waals surface area contributed by atoms with Crippen LogP contribution in [0.4, 0.5) is 11.4 Å². The van der Waals surface area contributed by atoms with Gasteiger partial charge in [-0.05, 0) is 34.1 Å². The van der Waals surface area contributed by atoms with Crippen LogP contribution in [-0.2, 0) is 0 Å². The number of hydrogen-bond acceptors (Lipinski definition) is 5. The van der Waals surface area contributed by atoms with Gasteiger partial charge in [-0.25, -0.2) is 0 Å². The molecule has 2 aromatic rings. The molecule has 0 saturated carbocycles. The molecule has 120 valence electrons. The zero-order valence-corrected chi connectivity index (χ0v) is 14.5. The first kappa shape index (κ1) is 15.9. The number of thiophene rings is 1. The number of anilines is 1. The average Bonchev–Trinajstić information content (AvgIpc) is 3.01. The molecule has 0 radical (unpaired) electrons.